The summed E-state index contributed by atoms with van der Waals surface area (Å²) in [6, 6.07) is 13.9. The molecule has 2 aromatic rings. The molecule has 2 nitrogen and oxygen atoms in total. The Labute approximate surface area is 134 Å². The smallest absolute Gasteiger partial charge is 0.238 e. The fraction of sp³-hybridized carbons (Fsp3) is 0.235. The summed E-state index contributed by atoms with van der Waals surface area (Å²) < 4.78 is 0. The summed E-state index contributed by atoms with van der Waals surface area (Å²) >= 11 is 7.61. The fourth-order valence-corrected chi connectivity index (χ4v) is 3.93. The number of thioether (sulfide) groups is 1. The number of carbonyl (C=O) groups is 1. The van der Waals surface area contributed by atoms with E-state index in [1.165, 1.54) is 5.56 Å². The first kappa shape index (κ1) is 14.5. The second-order valence-electron chi connectivity index (χ2n) is 5.27. The predicted octanol–water partition coefficient (Wildman–Crippen LogP) is 4.74. The number of carbonyl (C=O) groups excluding carboxylic acids is 1. The predicted molar refractivity (Wildman–Crippen MR) is 90.1 cm³/mol. The van der Waals surface area contributed by atoms with E-state index in [1.807, 2.05) is 35.2 Å². The van der Waals surface area contributed by atoms with Gasteiger partial charge in [-0.2, -0.15) is 0 Å². The Balaban J connectivity index is 2.01. The summed E-state index contributed by atoms with van der Waals surface area (Å²) in [4.78, 5) is 14.2. The van der Waals surface area contributed by atoms with Crippen LogP contribution in [0.15, 0.2) is 42.5 Å². The quantitative estimate of drug-likeness (QED) is 0.797. The Bertz CT molecular complexity index is 684. The highest BCUT2D eigenvalue weighted by molar-refractivity contribution is 8.00. The molecule has 0 aromatic heterocycles. The van der Waals surface area contributed by atoms with Crippen LogP contribution in [0.2, 0.25) is 5.02 Å². The minimum atomic E-state index is 0.0242. The Morgan fingerprint density at radius 3 is 2.52 bits per heavy atom. The van der Waals surface area contributed by atoms with Crippen molar-refractivity contribution in [2.75, 3.05) is 10.7 Å². The summed E-state index contributed by atoms with van der Waals surface area (Å²) in [6.07, 6.45) is 0. The van der Waals surface area contributed by atoms with Gasteiger partial charge >= 0.3 is 0 Å². The van der Waals surface area contributed by atoms with Crippen LogP contribution in [0.4, 0.5) is 5.69 Å². The normalized spacial score (nSPS) is 18.3. The van der Waals surface area contributed by atoms with Crippen molar-refractivity contribution in [3.05, 3.63) is 64.2 Å². The van der Waals surface area contributed by atoms with Crippen molar-refractivity contribution in [2.24, 2.45) is 0 Å². The zero-order valence-electron chi connectivity index (χ0n) is 12.0. The average Bonchev–Trinajstić information content (AvgIpc) is 2.82. The van der Waals surface area contributed by atoms with Crippen LogP contribution in [0.3, 0.4) is 0 Å². The van der Waals surface area contributed by atoms with E-state index in [0.717, 1.165) is 16.8 Å². The molecule has 1 heterocycles. The van der Waals surface area contributed by atoms with Gasteiger partial charge in [0.2, 0.25) is 5.91 Å². The molecule has 1 amide bonds. The van der Waals surface area contributed by atoms with Crippen LogP contribution in [-0.2, 0) is 4.79 Å². The molecule has 0 spiro atoms. The lowest BCUT2D eigenvalue weighted by molar-refractivity contribution is -0.115. The van der Waals surface area contributed by atoms with E-state index >= 15 is 0 Å². The molecule has 0 saturated carbocycles. The minimum absolute atomic E-state index is 0.0242. The maximum absolute atomic E-state index is 12.3. The standard InChI is InChI=1S/C17H16ClNOS/c1-11-3-8-15(12(2)9-11)19-16(20)10-21-17(19)13-4-6-14(18)7-5-13/h3-9,17H,10H2,1-2H3. The number of aryl methyl sites for hydroxylation is 2. The molecule has 0 bridgehead atoms. The molecule has 1 aliphatic heterocycles. The highest BCUT2D eigenvalue weighted by Crippen LogP contribution is 2.42. The number of nitrogens with zero attached hydrogens (tertiary/aromatic N) is 1. The van der Waals surface area contributed by atoms with Crippen molar-refractivity contribution in [3.8, 4) is 0 Å². The van der Waals surface area contributed by atoms with Crippen LogP contribution in [0.1, 0.15) is 22.1 Å². The topological polar surface area (TPSA) is 20.3 Å². The maximum Gasteiger partial charge on any atom is 0.238 e. The van der Waals surface area contributed by atoms with Crippen molar-refractivity contribution < 1.29 is 4.79 Å². The zero-order valence-corrected chi connectivity index (χ0v) is 13.5. The maximum atomic E-state index is 12.3. The summed E-state index contributed by atoms with van der Waals surface area (Å²) in [5, 5.41) is 0.738. The Hall–Kier alpha value is -1.45. The molecule has 4 heteroatoms. The number of amides is 1. The molecule has 1 saturated heterocycles. The van der Waals surface area contributed by atoms with Crippen molar-refractivity contribution in [2.45, 2.75) is 19.2 Å². The van der Waals surface area contributed by atoms with Gasteiger partial charge in [-0.3, -0.25) is 9.69 Å². The van der Waals surface area contributed by atoms with Gasteiger partial charge in [-0.15, -0.1) is 11.8 Å². The van der Waals surface area contributed by atoms with Crippen molar-refractivity contribution >= 4 is 35.0 Å². The molecule has 0 radical (unpaired) electrons. The summed E-state index contributed by atoms with van der Waals surface area (Å²) in [7, 11) is 0. The second-order valence-corrected chi connectivity index (χ2v) is 6.77. The minimum Gasteiger partial charge on any atom is -0.295 e. The zero-order chi connectivity index (χ0) is 15.0. The summed E-state index contributed by atoms with van der Waals surface area (Å²) in [5.41, 5.74) is 4.44. The van der Waals surface area contributed by atoms with E-state index < -0.39 is 0 Å². The highest BCUT2D eigenvalue weighted by atomic mass is 35.5. The van der Waals surface area contributed by atoms with Gasteiger partial charge in [-0.1, -0.05) is 41.4 Å². The second kappa shape index (κ2) is 5.74. The number of halogens is 1. The van der Waals surface area contributed by atoms with E-state index in [9.17, 15) is 4.79 Å². The van der Waals surface area contributed by atoms with Crippen molar-refractivity contribution in [1.29, 1.82) is 0 Å². The molecular formula is C17H16ClNOS. The lowest BCUT2D eigenvalue weighted by atomic mass is 10.1. The fourth-order valence-electron chi connectivity index (χ4n) is 2.63. The van der Waals surface area contributed by atoms with E-state index in [0.29, 0.717) is 10.8 Å². The van der Waals surface area contributed by atoms with Crippen LogP contribution in [0.25, 0.3) is 0 Å². The monoisotopic (exact) mass is 317 g/mol. The van der Waals surface area contributed by atoms with Gasteiger partial charge in [0, 0.05) is 10.7 Å². The van der Waals surface area contributed by atoms with Crippen LogP contribution in [0.5, 0.6) is 0 Å². The van der Waals surface area contributed by atoms with E-state index in [4.69, 9.17) is 11.6 Å². The average molecular weight is 318 g/mol. The number of benzene rings is 2. The highest BCUT2D eigenvalue weighted by Gasteiger charge is 2.34. The third-order valence-corrected chi connectivity index (χ3v) is 5.10. The van der Waals surface area contributed by atoms with E-state index in [2.05, 4.69) is 26.0 Å². The van der Waals surface area contributed by atoms with Gasteiger partial charge in [-0.25, -0.2) is 0 Å². The molecular weight excluding hydrogens is 302 g/mol. The lowest BCUT2D eigenvalue weighted by Gasteiger charge is -2.26. The van der Waals surface area contributed by atoms with Crippen molar-refractivity contribution in [1.82, 2.24) is 0 Å². The van der Waals surface area contributed by atoms with Crippen LogP contribution < -0.4 is 4.90 Å². The van der Waals surface area contributed by atoms with Crippen LogP contribution in [-0.4, -0.2) is 11.7 Å². The largest absolute Gasteiger partial charge is 0.295 e. The number of hydrogen-bond acceptors (Lipinski definition) is 2. The molecule has 1 fully saturated rings. The molecule has 1 atom stereocenters. The first-order valence-electron chi connectivity index (χ1n) is 6.82. The molecule has 3 rings (SSSR count). The van der Waals surface area contributed by atoms with Crippen LogP contribution in [0, 0.1) is 13.8 Å². The number of rotatable bonds is 2. The Morgan fingerprint density at radius 2 is 1.86 bits per heavy atom. The van der Waals surface area contributed by atoms with Crippen molar-refractivity contribution in [3.63, 3.8) is 0 Å². The lowest BCUT2D eigenvalue weighted by Crippen LogP contribution is -2.28. The molecule has 0 N–H and O–H groups in total. The number of hydrogen-bond donors (Lipinski definition) is 0. The third-order valence-electron chi connectivity index (χ3n) is 3.63. The van der Waals surface area contributed by atoms with E-state index in [1.54, 1.807) is 11.8 Å². The SMILES string of the molecule is Cc1ccc(N2C(=O)CSC2c2ccc(Cl)cc2)c(C)c1. The van der Waals surface area contributed by atoms with Gasteiger partial charge in [0.05, 0.1) is 5.75 Å². The van der Waals surface area contributed by atoms with Crippen LogP contribution >= 0.6 is 23.4 Å². The molecule has 1 aliphatic rings. The van der Waals surface area contributed by atoms with Gasteiger partial charge in [-0.05, 0) is 43.2 Å². The molecule has 21 heavy (non-hydrogen) atoms. The van der Waals surface area contributed by atoms with Gasteiger partial charge in [0.25, 0.3) is 0 Å². The molecule has 0 aliphatic carbocycles. The van der Waals surface area contributed by atoms with Gasteiger partial charge in [0.15, 0.2) is 0 Å². The molecule has 2 aromatic carbocycles. The van der Waals surface area contributed by atoms with E-state index in [-0.39, 0.29) is 11.3 Å². The molecule has 108 valence electrons. The summed E-state index contributed by atoms with van der Waals surface area (Å²) in [6.45, 7) is 4.12. The van der Waals surface area contributed by atoms with Gasteiger partial charge in [0.1, 0.15) is 5.37 Å². The molecule has 1 unspecified atom stereocenters. The van der Waals surface area contributed by atoms with Gasteiger partial charge < -0.3 is 0 Å². The Kier molecular flexibility index (Phi) is 3.96. The first-order chi connectivity index (χ1) is 10.1. The summed E-state index contributed by atoms with van der Waals surface area (Å²) in [5.74, 6) is 0.674. The third kappa shape index (κ3) is 2.81. The first-order valence-corrected chi connectivity index (χ1v) is 8.25. The number of anilines is 1. The Morgan fingerprint density at radius 1 is 1.14 bits per heavy atom.